The molecule has 33 heavy (non-hydrogen) atoms. The standard InChI is InChI=1S/C26H47NO6/c1-2-3-4-5-6-7-8-9-13-20-27(21-14-10-17-24(28)29,22-15-11-18-25(30)31)23-16-12-19-26(32)33/h8-9H,2-7,10-23H2,1H3,(H2-,28,29,30,31,32,33)/p+1/b9-8+. The number of rotatable bonds is 24. The van der Waals surface area contributed by atoms with Crippen LogP contribution in [0.3, 0.4) is 0 Å². The number of hydrogen-bond acceptors (Lipinski definition) is 3. The number of hydrogen-bond donors (Lipinski definition) is 3. The Hall–Kier alpha value is -1.89. The van der Waals surface area contributed by atoms with Gasteiger partial charge in [-0.1, -0.05) is 44.8 Å². The Labute approximate surface area is 200 Å². The van der Waals surface area contributed by atoms with Crippen LogP contribution in [0.2, 0.25) is 0 Å². The monoisotopic (exact) mass is 470 g/mol. The highest BCUT2D eigenvalue weighted by Gasteiger charge is 2.26. The van der Waals surface area contributed by atoms with Crippen molar-refractivity contribution in [2.75, 3.05) is 26.2 Å². The van der Waals surface area contributed by atoms with Gasteiger partial charge in [0.05, 0.1) is 26.2 Å². The lowest BCUT2D eigenvalue weighted by Gasteiger charge is -2.39. The summed E-state index contributed by atoms with van der Waals surface area (Å²) in [5.41, 5.74) is 0. The Morgan fingerprint density at radius 2 is 0.970 bits per heavy atom. The molecule has 0 radical (unpaired) electrons. The van der Waals surface area contributed by atoms with E-state index in [9.17, 15) is 14.4 Å². The second-order valence-electron chi connectivity index (χ2n) is 9.25. The van der Waals surface area contributed by atoms with Crippen LogP contribution in [0.1, 0.15) is 110 Å². The van der Waals surface area contributed by atoms with Gasteiger partial charge in [0.25, 0.3) is 0 Å². The molecule has 7 nitrogen and oxygen atoms in total. The smallest absolute Gasteiger partial charge is 0.303 e. The van der Waals surface area contributed by atoms with Crippen LogP contribution in [0.5, 0.6) is 0 Å². The predicted octanol–water partition coefficient (Wildman–Crippen LogP) is 5.87. The summed E-state index contributed by atoms with van der Waals surface area (Å²) in [6, 6.07) is 0. The van der Waals surface area contributed by atoms with Gasteiger partial charge in [0.15, 0.2) is 0 Å². The molecule has 7 heteroatoms. The van der Waals surface area contributed by atoms with E-state index >= 15 is 0 Å². The van der Waals surface area contributed by atoms with Crippen LogP contribution < -0.4 is 0 Å². The molecule has 0 unspecified atom stereocenters. The van der Waals surface area contributed by atoms with E-state index in [1.54, 1.807) is 0 Å². The SMILES string of the molecule is CCCCCCC/C=C/CC[N+](CCCCC(=O)O)(CCCCC(=O)O)CCCCC(=O)O. The summed E-state index contributed by atoms with van der Waals surface area (Å²) in [6.45, 7) is 5.73. The molecule has 0 spiro atoms. The average molecular weight is 471 g/mol. The van der Waals surface area contributed by atoms with E-state index in [1.807, 2.05) is 0 Å². The molecule has 0 heterocycles. The summed E-state index contributed by atoms with van der Waals surface area (Å²) in [6.07, 6.45) is 17.7. The van der Waals surface area contributed by atoms with Gasteiger partial charge in [0.1, 0.15) is 0 Å². The molecule has 0 atom stereocenters. The van der Waals surface area contributed by atoms with Crippen molar-refractivity contribution in [3.63, 3.8) is 0 Å². The first kappa shape index (κ1) is 31.1. The highest BCUT2D eigenvalue weighted by molar-refractivity contribution is 5.67. The molecule has 0 bridgehead atoms. The molecule has 0 aliphatic carbocycles. The molecule has 0 aliphatic rings. The fourth-order valence-electron chi connectivity index (χ4n) is 4.29. The molecule has 3 N–H and O–H groups in total. The fourth-order valence-corrected chi connectivity index (χ4v) is 4.29. The Morgan fingerprint density at radius 3 is 1.39 bits per heavy atom. The van der Waals surface area contributed by atoms with Gasteiger partial charge in [-0.15, -0.1) is 0 Å². The summed E-state index contributed by atoms with van der Waals surface area (Å²) in [7, 11) is 0. The second-order valence-corrected chi connectivity index (χ2v) is 9.25. The van der Waals surface area contributed by atoms with Crippen molar-refractivity contribution in [2.45, 2.75) is 110 Å². The average Bonchev–Trinajstić information content (AvgIpc) is 2.75. The van der Waals surface area contributed by atoms with E-state index in [4.69, 9.17) is 15.3 Å². The van der Waals surface area contributed by atoms with Crippen molar-refractivity contribution in [3.8, 4) is 0 Å². The molecule has 0 aromatic carbocycles. The lowest BCUT2D eigenvalue weighted by Crippen LogP contribution is -2.50. The molecule has 0 saturated carbocycles. The first-order valence-corrected chi connectivity index (χ1v) is 13.0. The molecule has 0 amide bonds. The van der Waals surface area contributed by atoms with Gasteiger partial charge >= 0.3 is 17.9 Å². The molecule has 0 aliphatic heterocycles. The number of aliphatic carboxylic acids is 3. The summed E-state index contributed by atoms with van der Waals surface area (Å²) in [5.74, 6) is -2.34. The molecule has 0 aromatic heterocycles. The van der Waals surface area contributed by atoms with E-state index in [1.165, 1.54) is 32.1 Å². The normalized spacial score (nSPS) is 11.8. The third-order valence-electron chi connectivity index (χ3n) is 6.23. The number of quaternary nitrogens is 1. The van der Waals surface area contributed by atoms with Crippen molar-refractivity contribution in [1.82, 2.24) is 0 Å². The molecule has 0 aromatic rings. The largest absolute Gasteiger partial charge is 0.481 e. The molecule has 0 saturated heterocycles. The lowest BCUT2D eigenvalue weighted by atomic mass is 10.1. The molecule has 192 valence electrons. The zero-order valence-electron chi connectivity index (χ0n) is 20.8. The number of carboxylic acids is 3. The van der Waals surface area contributed by atoms with Gasteiger partial charge < -0.3 is 19.8 Å². The van der Waals surface area contributed by atoms with Crippen molar-refractivity contribution in [3.05, 3.63) is 12.2 Å². The summed E-state index contributed by atoms with van der Waals surface area (Å²) < 4.78 is 0.819. The zero-order valence-corrected chi connectivity index (χ0v) is 20.8. The van der Waals surface area contributed by atoms with Crippen molar-refractivity contribution in [2.24, 2.45) is 0 Å². The lowest BCUT2D eigenvalue weighted by molar-refractivity contribution is -0.928. The number of carbonyl (C=O) groups is 3. The highest BCUT2D eigenvalue weighted by atomic mass is 16.4. The Bertz CT molecular complexity index is 506. The van der Waals surface area contributed by atoms with Gasteiger partial charge in [0, 0.05) is 25.7 Å². The minimum atomic E-state index is -0.780. The van der Waals surface area contributed by atoms with Crippen molar-refractivity contribution < 1.29 is 34.2 Å². The number of nitrogens with zero attached hydrogens (tertiary/aromatic N) is 1. The maximum Gasteiger partial charge on any atom is 0.303 e. The van der Waals surface area contributed by atoms with Crippen LogP contribution in [0.15, 0.2) is 12.2 Å². The first-order valence-electron chi connectivity index (χ1n) is 13.0. The van der Waals surface area contributed by atoms with Crippen LogP contribution in [-0.2, 0) is 14.4 Å². The van der Waals surface area contributed by atoms with Crippen LogP contribution in [0.4, 0.5) is 0 Å². The molecular formula is C26H48NO6+. The molecule has 0 fully saturated rings. The minimum absolute atomic E-state index is 0.163. The number of unbranched alkanes of at least 4 members (excludes halogenated alkanes) is 8. The maximum absolute atomic E-state index is 10.9. The summed E-state index contributed by atoms with van der Waals surface area (Å²) in [4.78, 5) is 32.7. The Morgan fingerprint density at radius 1 is 0.545 bits per heavy atom. The molecular weight excluding hydrogens is 422 g/mol. The van der Waals surface area contributed by atoms with Gasteiger partial charge in [-0.3, -0.25) is 14.4 Å². The van der Waals surface area contributed by atoms with Crippen LogP contribution in [0, 0.1) is 0 Å². The Balaban J connectivity index is 4.90. The Kier molecular flexibility index (Phi) is 19.5. The van der Waals surface area contributed by atoms with E-state index in [0.717, 1.165) is 62.8 Å². The van der Waals surface area contributed by atoms with Gasteiger partial charge in [0.2, 0.25) is 0 Å². The van der Waals surface area contributed by atoms with E-state index in [-0.39, 0.29) is 19.3 Å². The van der Waals surface area contributed by atoms with E-state index in [2.05, 4.69) is 19.1 Å². The van der Waals surface area contributed by atoms with Gasteiger partial charge in [-0.2, -0.15) is 0 Å². The first-order chi connectivity index (χ1) is 15.8. The van der Waals surface area contributed by atoms with Crippen LogP contribution >= 0.6 is 0 Å². The van der Waals surface area contributed by atoms with Crippen molar-refractivity contribution in [1.29, 1.82) is 0 Å². The zero-order chi connectivity index (χ0) is 24.8. The summed E-state index contributed by atoms with van der Waals surface area (Å²) in [5, 5.41) is 26.9. The number of allylic oxidation sites excluding steroid dienone is 1. The van der Waals surface area contributed by atoms with Crippen LogP contribution in [-0.4, -0.2) is 63.9 Å². The number of carboxylic acid groups (broad SMARTS) is 3. The maximum atomic E-state index is 10.9. The molecule has 0 rings (SSSR count). The van der Waals surface area contributed by atoms with E-state index < -0.39 is 17.9 Å². The third kappa shape index (κ3) is 20.4. The van der Waals surface area contributed by atoms with Crippen molar-refractivity contribution >= 4 is 17.9 Å². The topological polar surface area (TPSA) is 112 Å². The quantitative estimate of drug-likeness (QED) is 0.0923. The minimum Gasteiger partial charge on any atom is -0.481 e. The highest BCUT2D eigenvalue weighted by Crippen LogP contribution is 2.18. The fraction of sp³-hybridized carbons (Fsp3) is 0.808. The third-order valence-corrected chi connectivity index (χ3v) is 6.23. The second kappa shape index (κ2) is 20.7. The van der Waals surface area contributed by atoms with Crippen LogP contribution in [0.25, 0.3) is 0 Å². The van der Waals surface area contributed by atoms with Gasteiger partial charge in [-0.25, -0.2) is 0 Å². The predicted molar refractivity (Wildman–Crippen MR) is 131 cm³/mol. The van der Waals surface area contributed by atoms with Gasteiger partial charge in [-0.05, 0) is 51.4 Å². The summed E-state index contributed by atoms with van der Waals surface area (Å²) >= 11 is 0. The van der Waals surface area contributed by atoms with E-state index in [0.29, 0.717) is 19.3 Å².